The normalized spacial score (nSPS) is 19.9. The summed E-state index contributed by atoms with van der Waals surface area (Å²) in [6.45, 7) is 3.98. The molecule has 1 saturated carbocycles. The first-order chi connectivity index (χ1) is 9.57. The minimum absolute atomic E-state index is 0.382. The number of aliphatic hydroxyl groups is 1. The van der Waals surface area contributed by atoms with Crippen molar-refractivity contribution in [2.75, 3.05) is 0 Å². The molecule has 1 N–H and O–H groups in total. The monoisotopic (exact) mass is 269 g/mol. The highest BCUT2D eigenvalue weighted by atomic mass is 16.3. The average Bonchev–Trinajstić information content (AvgIpc) is 2.47. The quantitative estimate of drug-likeness (QED) is 0.880. The number of fused-ring (bicyclic) bond motifs is 1. The Morgan fingerprint density at radius 1 is 1.10 bits per heavy atom. The lowest BCUT2D eigenvalue weighted by Gasteiger charge is -2.36. The number of pyridine rings is 1. The molecule has 0 spiro atoms. The van der Waals surface area contributed by atoms with Crippen LogP contribution in [0.4, 0.5) is 0 Å². The molecule has 1 unspecified atom stereocenters. The number of aromatic nitrogens is 1. The van der Waals surface area contributed by atoms with Crippen molar-refractivity contribution in [1.82, 2.24) is 4.98 Å². The molecule has 2 nitrogen and oxygen atoms in total. The van der Waals surface area contributed by atoms with E-state index in [1.165, 1.54) is 19.3 Å². The van der Waals surface area contributed by atoms with E-state index in [0.717, 1.165) is 35.0 Å². The van der Waals surface area contributed by atoms with E-state index in [-0.39, 0.29) is 0 Å². The van der Waals surface area contributed by atoms with Gasteiger partial charge in [0.2, 0.25) is 0 Å². The lowest BCUT2D eigenvalue weighted by molar-refractivity contribution is -0.0214. The van der Waals surface area contributed by atoms with E-state index in [9.17, 15) is 5.11 Å². The fourth-order valence-electron chi connectivity index (χ4n) is 3.44. The number of rotatable bonds is 2. The SMILES string of the molecule is Cc1ccc2cc(C(C)(O)C3CCCCC3)ccc2n1. The molecule has 1 aliphatic rings. The molecule has 2 heteroatoms. The molecule has 0 saturated heterocycles. The summed E-state index contributed by atoms with van der Waals surface area (Å²) < 4.78 is 0. The van der Waals surface area contributed by atoms with Gasteiger partial charge >= 0.3 is 0 Å². The van der Waals surface area contributed by atoms with Crippen LogP contribution < -0.4 is 0 Å². The third-order valence-electron chi connectivity index (χ3n) is 4.81. The van der Waals surface area contributed by atoms with Crippen molar-refractivity contribution in [1.29, 1.82) is 0 Å². The van der Waals surface area contributed by atoms with Crippen molar-refractivity contribution in [2.45, 2.75) is 51.6 Å². The zero-order valence-corrected chi connectivity index (χ0v) is 12.4. The number of hydrogen-bond acceptors (Lipinski definition) is 2. The first-order valence-corrected chi connectivity index (χ1v) is 7.67. The predicted molar refractivity (Wildman–Crippen MR) is 82.6 cm³/mol. The van der Waals surface area contributed by atoms with Crippen LogP contribution in [0.2, 0.25) is 0 Å². The molecule has 0 aliphatic heterocycles. The van der Waals surface area contributed by atoms with Crippen LogP contribution in [0.3, 0.4) is 0 Å². The summed E-state index contributed by atoms with van der Waals surface area (Å²) in [7, 11) is 0. The minimum Gasteiger partial charge on any atom is -0.385 e. The van der Waals surface area contributed by atoms with Gasteiger partial charge in [-0.2, -0.15) is 0 Å². The Morgan fingerprint density at radius 2 is 1.85 bits per heavy atom. The van der Waals surface area contributed by atoms with Crippen LogP contribution >= 0.6 is 0 Å². The summed E-state index contributed by atoms with van der Waals surface area (Å²) in [6.07, 6.45) is 6.08. The minimum atomic E-state index is -0.723. The molecule has 0 amide bonds. The molecule has 1 aromatic heterocycles. The van der Waals surface area contributed by atoms with Crippen molar-refractivity contribution in [2.24, 2.45) is 5.92 Å². The number of benzene rings is 1. The van der Waals surface area contributed by atoms with Gasteiger partial charge in [-0.3, -0.25) is 4.98 Å². The van der Waals surface area contributed by atoms with Gasteiger partial charge in [0.05, 0.1) is 11.1 Å². The molecule has 0 radical (unpaired) electrons. The number of aryl methyl sites for hydroxylation is 1. The van der Waals surface area contributed by atoms with Gasteiger partial charge < -0.3 is 5.11 Å². The molecular formula is C18H23NO. The van der Waals surface area contributed by atoms with Gasteiger partial charge in [0.25, 0.3) is 0 Å². The van der Waals surface area contributed by atoms with Crippen LogP contribution in [-0.4, -0.2) is 10.1 Å². The summed E-state index contributed by atoms with van der Waals surface area (Å²) in [5.41, 5.74) is 2.35. The van der Waals surface area contributed by atoms with Gasteiger partial charge in [-0.1, -0.05) is 31.4 Å². The van der Waals surface area contributed by atoms with E-state index in [0.29, 0.717) is 5.92 Å². The van der Waals surface area contributed by atoms with Crippen molar-refractivity contribution in [3.8, 4) is 0 Å². The van der Waals surface area contributed by atoms with Crippen molar-refractivity contribution < 1.29 is 5.11 Å². The van der Waals surface area contributed by atoms with E-state index < -0.39 is 5.60 Å². The van der Waals surface area contributed by atoms with Gasteiger partial charge in [0.1, 0.15) is 0 Å². The average molecular weight is 269 g/mol. The van der Waals surface area contributed by atoms with E-state index in [4.69, 9.17) is 0 Å². The van der Waals surface area contributed by atoms with Crippen LogP contribution in [0.5, 0.6) is 0 Å². The van der Waals surface area contributed by atoms with E-state index in [2.05, 4.69) is 17.1 Å². The van der Waals surface area contributed by atoms with Crippen molar-refractivity contribution in [3.05, 3.63) is 41.6 Å². The number of nitrogens with zero attached hydrogens (tertiary/aromatic N) is 1. The molecule has 3 rings (SSSR count). The summed E-state index contributed by atoms with van der Waals surface area (Å²) in [5.74, 6) is 0.382. The lowest BCUT2D eigenvalue weighted by Crippen LogP contribution is -2.33. The molecular weight excluding hydrogens is 246 g/mol. The fraction of sp³-hybridized carbons (Fsp3) is 0.500. The Hall–Kier alpha value is -1.41. The molecule has 1 aliphatic carbocycles. The fourth-order valence-corrected chi connectivity index (χ4v) is 3.44. The van der Waals surface area contributed by atoms with Gasteiger partial charge in [-0.15, -0.1) is 0 Å². The van der Waals surface area contributed by atoms with Crippen molar-refractivity contribution >= 4 is 10.9 Å². The highest BCUT2D eigenvalue weighted by molar-refractivity contribution is 5.79. The second-order valence-electron chi connectivity index (χ2n) is 6.34. The molecule has 20 heavy (non-hydrogen) atoms. The van der Waals surface area contributed by atoms with Crippen LogP contribution in [-0.2, 0) is 5.60 Å². The van der Waals surface area contributed by atoms with Crippen LogP contribution in [0.1, 0.15) is 50.3 Å². The maximum absolute atomic E-state index is 11.0. The van der Waals surface area contributed by atoms with Gasteiger partial charge in [-0.25, -0.2) is 0 Å². The van der Waals surface area contributed by atoms with E-state index in [1.54, 1.807) is 0 Å². The largest absolute Gasteiger partial charge is 0.385 e. The van der Waals surface area contributed by atoms with Crippen LogP contribution in [0, 0.1) is 12.8 Å². The first-order valence-electron chi connectivity index (χ1n) is 7.67. The highest BCUT2D eigenvalue weighted by Crippen LogP contribution is 2.39. The Morgan fingerprint density at radius 3 is 2.60 bits per heavy atom. The second kappa shape index (κ2) is 5.17. The Bertz CT molecular complexity index is 612. The first kappa shape index (κ1) is 13.6. The number of hydrogen-bond donors (Lipinski definition) is 1. The third-order valence-corrected chi connectivity index (χ3v) is 4.81. The molecule has 1 fully saturated rings. The molecule has 0 bridgehead atoms. The van der Waals surface area contributed by atoms with Crippen LogP contribution in [0.25, 0.3) is 10.9 Å². The Kier molecular flexibility index (Phi) is 3.51. The smallest absolute Gasteiger partial charge is 0.0896 e. The van der Waals surface area contributed by atoms with E-state index >= 15 is 0 Å². The molecule has 1 aromatic carbocycles. The zero-order chi connectivity index (χ0) is 14.2. The van der Waals surface area contributed by atoms with E-state index in [1.807, 2.05) is 32.0 Å². The Labute approximate surface area is 120 Å². The standard InChI is InChI=1S/C18H23NO/c1-13-8-9-14-12-16(10-11-17(14)19-13)18(2,20)15-6-4-3-5-7-15/h8-12,15,20H,3-7H2,1-2H3. The highest BCUT2D eigenvalue weighted by Gasteiger charge is 2.34. The maximum Gasteiger partial charge on any atom is 0.0896 e. The molecule has 2 aromatic rings. The van der Waals surface area contributed by atoms with Gasteiger partial charge in [0.15, 0.2) is 0 Å². The molecule has 106 valence electrons. The summed E-state index contributed by atoms with van der Waals surface area (Å²) >= 11 is 0. The second-order valence-corrected chi connectivity index (χ2v) is 6.34. The summed E-state index contributed by atoms with van der Waals surface area (Å²) in [4.78, 5) is 4.53. The maximum atomic E-state index is 11.0. The third kappa shape index (κ3) is 2.45. The van der Waals surface area contributed by atoms with Gasteiger partial charge in [0, 0.05) is 11.1 Å². The predicted octanol–water partition coefficient (Wildman–Crippen LogP) is 4.33. The van der Waals surface area contributed by atoms with Crippen LogP contribution in [0.15, 0.2) is 30.3 Å². The zero-order valence-electron chi connectivity index (χ0n) is 12.4. The topological polar surface area (TPSA) is 33.1 Å². The molecule has 1 heterocycles. The summed E-state index contributed by atoms with van der Waals surface area (Å²) in [5, 5.41) is 12.1. The van der Waals surface area contributed by atoms with Gasteiger partial charge in [-0.05, 0) is 56.4 Å². The lowest BCUT2D eigenvalue weighted by atomic mass is 9.74. The molecule has 1 atom stereocenters. The van der Waals surface area contributed by atoms with Crippen molar-refractivity contribution in [3.63, 3.8) is 0 Å². The summed E-state index contributed by atoms with van der Waals surface area (Å²) in [6, 6.07) is 10.3. The Balaban J connectivity index is 1.97.